The van der Waals surface area contributed by atoms with Crippen LogP contribution in [0.5, 0.6) is 5.75 Å². The molecule has 1 rings (SSSR count). The molecular formula is C9H12N2O2. The number of aryl methyl sites for hydroxylation is 1. The largest absolute Gasteiger partial charge is 0.497 e. The lowest BCUT2D eigenvalue weighted by Crippen LogP contribution is -2.14. The van der Waals surface area contributed by atoms with Crippen molar-refractivity contribution >= 4 is 5.91 Å². The molecule has 0 aromatic carbocycles. The van der Waals surface area contributed by atoms with E-state index in [9.17, 15) is 4.79 Å². The number of carbonyl (C=O) groups is 1. The number of pyridine rings is 1. The molecule has 0 aliphatic rings. The van der Waals surface area contributed by atoms with E-state index < -0.39 is 5.91 Å². The maximum Gasteiger partial charge on any atom is 0.267 e. The van der Waals surface area contributed by atoms with Gasteiger partial charge in [0.2, 0.25) is 0 Å². The molecule has 0 fully saturated rings. The van der Waals surface area contributed by atoms with Gasteiger partial charge in [-0.05, 0) is 6.42 Å². The van der Waals surface area contributed by atoms with Gasteiger partial charge in [-0.15, -0.1) is 0 Å². The van der Waals surface area contributed by atoms with Crippen LogP contribution in [-0.4, -0.2) is 18.0 Å². The molecule has 0 spiro atoms. The summed E-state index contributed by atoms with van der Waals surface area (Å²) in [4.78, 5) is 14.9. The predicted molar refractivity (Wildman–Crippen MR) is 48.7 cm³/mol. The number of methoxy groups -OCH3 is 1. The summed E-state index contributed by atoms with van der Waals surface area (Å²) in [6.45, 7) is 1.95. The van der Waals surface area contributed by atoms with E-state index >= 15 is 0 Å². The summed E-state index contributed by atoms with van der Waals surface area (Å²) in [6.07, 6.45) is 0.747. The van der Waals surface area contributed by atoms with Crippen molar-refractivity contribution in [1.29, 1.82) is 0 Å². The Labute approximate surface area is 76.7 Å². The number of ether oxygens (including phenoxy) is 1. The maximum absolute atomic E-state index is 10.8. The summed E-state index contributed by atoms with van der Waals surface area (Å²) in [5.41, 5.74) is 6.15. The molecule has 0 radical (unpaired) electrons. The zero-order valence-electron chi connectivity index (χ0n) is 7.70. The average Bonchev–Trinajstić information content (AvgIpc) is 2.16. The smallest absolute Gasteiger partial charge is 0.267 e. The summed E-state index contributed by atoms with van der Waals surface area (Å²) in [7, 11) is 1.54. The topological polar surface area (TPSA) is 65.2 Å². The Morgan fingerprint density at radius 2 is 2.31 bits per heavy atom. The molecule has 70 valence electrons. The fourth-order valence-electron chi connectivity index (χ4n) is 0.985. The molecule has 0 bridgehead atoms. The molecule has 0 aliphatic heterocycles. The van der Waals surface area contributed by atoms with Crippen LogP contribution in [0.25, 0.3) is 0 Å². The van der Waals surface area contributed by atoms with Gasteiger partial charge >= 0.3 is 0 Å². The minimum absolute atomic E-state index is 0.246. The van der Waals surface area contributed by atoms with Crippen LogP contribution in [0.15, 0.2) is 12.1 Å². The zero-order valence-corrected chi connectivity index (χ0v) is 7.70. The Kier molecular flexibility index (Phi) is 2.84. The normalized spacial score (nSPS) is 9.69. The molecule has 1 aromatic rings. The van der Waals surface area contributed by atoms with E-state index in [1.165, 1.54) is 6.07 Å². The van der Waals surface area contributed by atoms with E-state index in [1.807, 2.05) is 6.92 Å². The molecule has 1 aromatic heterocycles. The van der Waals surface area contributed by atoms with Crippen LogP contribution < -0.4 is 10.5 Å². The highest BCUT2D eigenvalue weighted by atomic mass is 16.5. The third-order valence-electron chi connectivity index (χ3n) is 1.70. The van der Waals surface area contributed by atoms with E-state index in [0.717, 1.165) is 12.1 Å². The second kappa shape index (κ2) is 3.89. The van der Waals surface area contributed by atoms with Gasteiger partial charge in [-0.2, -0.15) is 0 Å². The second-order valence-electron chi connectivity index (χ2n) is 2.60. The van der Waals surface area contributed by atoms with Gasteiger partial charge in [0.25, 0.3) is 5.91 Å². The van der Waals surface area contributed by atoms with E-state index in [1.54, 1.807) is 13.2 Å². The number of carbonyl (C=O) groups excluding carboxylic acids is 1. The lowest BCUT2D eigenvalue weighted by molar-refractivity contribution is 0.0995. The highest BCUT2D eigenvalue weighted by Gasteiger charge is 2.06. The Morgan fingerprint density at radius 3 is 2.77 bits per heavy atom. The predicted octanol–water partition coefficient (Wildman–Crippen LogP) is 0.751. The van der Waals surface area contributed by atoms with Gasteiger partial charge in [0.1, 0.15) is 11.4 Å². The van der Waals surface area contributed by atoms with Crippen LogP contribution >= 0.6 is 0 Å². The number of nitrogens with zero attached hydrogens (tertiary/aromatic N) is 1. The van der Waals surface area contributed by atoms with Crippen LogP contribution in [0.2, 0.25) is 0 Å². The summed E-state index contributed by atoms with van der Waals surface area (Å²) in [5.74, 6) is 0.0780. The lowest BCUT2D eigenvalue weighted by Gasteiger charge is -2.04. The first kappa shape index (κ1) is 9.51. The number of amides is 1. The first-order valence-corrected chi connectivity index (χ1v) is 4.02. The number of nitrogens with two attached hydrogens (primary N) is 1. The number of hydrogen-bond donors (Lipinski definition) is 1. The van der Waals surface area contributed by atoms with Crippen molar-refractivity contribution in [2.24, 2.45) is 5.73 Å². The quantitative estimate of drug-likeness (QED) is 0.746. The number of primary amides is 1. The first-order chi connectivity index (χ1) is 6.17. The third-order valence-corrected chi connectivity index (χ3v) is 1.70. The summed E-state index contributed by atoms with van der Waals surface area (Å²) < 4.78 is 5.00. The van der Waals surface area contributed by atoms with Gasteiger partial charge in [-0.3, -0.25) is 4.79 Å². The molecular weight excluding hydrogens is 168 g/mol. The van der Waals surface area contributed by atoms with Crippen molar-refractivity contribution in [2.45, 2.75) is 13.3 Å². The Hall–Kier alpha value is -1.58. The highest BCUT2D eigenvalue weighted by molar-refractivity contribution is 5.91. The Bertz CT molecular complexity index is 301. The van der Waals surface area contributed by atoms with Gasteiger partial charge in [-0.1, -0.05) is 6.92 Å². The van der Waals surface area contributed by atoms with Crippen molar-refractivity contribution < 1.29 is 9.53 Å². The number of rotatable bonds is 3. The van der Waals surface area contributed by atoms with Gasteiger partial charge in [-0.25, -0.2) is 4.98 Å². The standard InChI is InChI=1S/C9H12N2O2/c1-3-6-4-7(13-2)5-8(11-6)9(10)12/h4-5H,3H2,1-2H3,(H2,10,12). The average molecular weight is 180 g/mol. The molecule has 0 aliphatic carbocycles. The lowest BCUT2D eigenvalue weighted by atomic mass is 10.2. The summed E-state index contributed by atoms with van der Waals surface area (Å²) in [5, 5.41) is 0. The molecule has 1 amide bonds. The van der Waals surface area contributed by atoms with E-state index in [2.05, 4.69) is 4.98 Å². The molecule has 0 unspecified atom stereocenters. The van der Waals surface area contributed by atoms with Gasteiger partial charge in [0.05, 0.1) is 7.11 Å². The molecule has 4 heteroatoms. The van der Waals surface area contributed by atoms with Crippen LogP contribution in [0, 0.1) is 0 Å². The van der Waals surface area contributed by atoms with Crippen LogP contribution in [0.4, 0.5) is 0 Å². The second-order valence-corrected chi connectivity index (χ2v) is 2.60. The minimum Gasteiger partial charge on any atom is -0.497 e. The summed E-state index contributed by atoms with van der Waals surface area (Å²) >= 11 is 0. The molecule has 2 N–H and O–H groups in total. The van der Waals surface area contributed by atoms with Gasteiger partial charge in [0, 0.05) is 17.8 Å². The molecule has 0 saturated heterocycles. The highest BCUT2D eigenvalue weighted by Crippen LogP contribution is 2.13. The molecule has 4 nitrogen and oxygen atoms in total. The third kappa shape index (κ3) is 2.18. The van der Waals surface area contributed by atoms with E-state index in [-0.39, 0.29) is 5.69 Å². The fourth-order valence-corrected chi connectivity index (χ4v) is 0.985. The van der Waals surface area contributed by atoms with Crippen molar-refractivity contribution in [3.63, 3.8) is 0 Å². The Morgan fingerprint density at radius 1 is 1.62 bits per heavy atom. The molecule has 13 heavy (non-hydrogen) atoms. The number of hydrogen-bond acceptors (Lipinski definition) is 3. The van der Waals surface area contributed by atoms with Crippen LogP contribution in [0.3, 0.4) is 0 Å². The molecule has 1 heterocycles. The van der Waals surface area contributed by atoms with Gasteiger partial charge in [0.15, 0.2) is 0 Å². The zero-order chi connectivity index (χ0) is 9.84. The molecule has 0 atom stereocenters. The van der Waals surface area contributed by atoms with Crippen LogP contribution in [-0.2, 0) is 6.42 Å². The minimum atomic E-state index is -0.534. The van der Waals surface area contributed by atoms with Crippen molar-refractivity contribution in [1.82, 2.24) is 4.98 Å². The van der Waals surface area contributed by atoms with Crippen LogP contribution in [0.1, 0.15) is 23.1 Å². The first-order valence-electron chi connectivity index (χ1n) is 4.02. The Balaban J connectivity index is 3.14. The van der Waals surface area contributed by atoms with Crippen molar-refractivity contribution in [2.75, 3.05) is 7.11 Å². The van der Waals surface area contributed by atoms with E-state index in [0.29, 0.717) is 5.75 Å². The fraction of sp³-hybridized carbons (Fsp3) is 0.333. The SMILES string of the molecule is CCc1cc(OC)cc(C(N)=O)n1. The maximum atomic E-state index is 10.8. The van der Waals surface area contributed by atoms with Gasteiger partial charge < -0.3 is 10.5 Å². The van der Waals surface area contributed by atoms with Crippen molar-refractivity contribution in [3.8, 4) is 5.75 Å². The number of aromatic nitrogens is 1. The monoisotopic (exact) mass is 180 g/mol. The van der Waals surface area contributed by atoms with Crippen molar-refractivity contribution in [3.05, 3.63) is 23.5 Å². The molecule has 0 saturated carbocycles. The van der Waals surface area contributed by atoms with E-state index in [4.69, 9.17) is 10.5 Å². The summed E-state index contributed by atoms with van der Waals surface area (Å²) in [6, 6.07) is 3.31.